The number of methoxy groups -OCH3 is 2. The first-order chi connectivity index (χ1) is 6.29. The number of hydrogen-bond donors (Lipinski definition) is 0. The molecule has 13 heavy (non-hydrogen) atoms. The minimum atomic E-state index is -1.02. The smallest absolute Gasteiger partial charge is 0.301 e. The summed E-state index contributed by atoms with van der Waals surface area (Å²) in [7, 11) is 3.68. The SMILES string of the molecule is COC(OC)(O[SiH3])c1ccccc1. The molecule has 0 saturated heterocycles. The Morgan fingerprint density at radius 2 is 1.62 bits per heavy atom. The van der Waals surface area contributed by atoms with E-state index in [0.717, 1.165) is 5.56 Å². The Kier molecular flexibility index (Phi) is 3.62. The Balaban J connectivity index is 3.01. The van der Waals surface area contributed by atoms with Crippen molar-refractivity contribution in [1.82, 2.24) is 0 Å². The predicted molar refractivity (Wildman–Crippen MR) is 53.2 cm³/mol. The van der Waals surface area contributed by atoms with Crippen LogP contribution in [0.1, 0.15) is 5.56 Å². The van der Waals surface area contributed by atoms with Crippen molar-refractivity contribution < 1.29 is 13.9 Å². The lowest BCUT2D eigenvalue weighted by Gasteiger charge is -2.29. The third-order valence-electron chi connectivity index (χ3n) is 1.93. The molecule has 0 aliphatic rings. The predicted octanol–water partition coefficient (Wildman–Crippen LogP) is 0.387. The highest BCUT2D eigenvalue weighted by molar-refractivity contribution is 5.98. The molecule has 0 spiro atoms. The molecule has 1 aromatic carbocycles. The van der Waals surface area contributed by atoms with Gasteiger partial charge in [-0.1, -0.05) is 30.3 Å². The first-order valence-electron chi connectivity index (χ1n) is 4.00. The zero-order chi connectivity index (χ0) is 9.73. The summed E-state index contributed by atoms with van der Waals surface area (Å²) in [5.41, 5.74) is 0.870. The van der Waals surface area contributed by atoms with Gasteiger partial charge in [0, 0.05) is 19.8 Å². The maximum Gasteiger partial charge on any atom is 0.301 e. The van der Waals surface area contributed by atoms with Crippen LogP contribution < -0.4 is 0 Å². The monoisotopic (exact) mass is 198 g/mol. The molecule has 0 bridgehead atoms. The molecule has 0 amide bonds. The van der Waals surface area contributed by atoms with Crippen molar-refractivity contribution in [2.75, 3.05) is 14.2 Å². The van der Waals surface area contributed by atoms with E-state index in [0.29, 0.717) is 10.5 Å². The minimum Gasteiger partial charge on any atom is -0.377 e. The van der Waals surface area contributed by atoms with Gasteiger partial charge in [0.25, 0.3) is 0 Å². The van der Waals surface area contributed by atoms with E-state index in [-0.39, 0.29) is 0 Å². The molecule has 0 unspecified atom stereocenters. The lowest BCUT2D eigenvalue weighted by Crippen LogP contribution is -2.33. The molecule has 0 aliphatic carbocycles. The van der Waals surface area contributed by atoms with Crippen molar-refractivity contribution in [3.05, 3.63) is 35.9 Å². The van der Waals surface area contributed by atoms with Gasteiger partial charge in [0.1, 0.15) is 0 Å². The Morgan fingerprint density at radius 1 is 1.08 bits per heavy atom. The molecular formula is C9H14O3Si. The average molecular weight is 198 g/mol. The van der Waals surface area contributed by atoms with Gasteiger partial charge < -0.3 is 13.9 Å². The maximum atomic E-state index is 5.32. The highest BCUT2D eigenvalue weighted by atomic mass is 28.2. The fraction of sp³-hybridized carbons (Fsp3) is 0.333. The summed E-state index contributed by atoms with van der Waals surface area (Å²) in [6, 6.07) is 9.59. The first kappa shape index (κ1) is 10.4. The summed E-state index contributed by atoms with van der Waals surface area (Å²) in [6.07, 6.45) is 0. The molecule has 3 nitrogen and oxygen atoms in total. The van der Waals surface area contributed by atoms with Gasteiger partial charge >= 0.3 is 5.97 Å². The van der Waals surface area contributed by atoms with Gasteiger partial charge in [-0.2, -0.15) is 0 Å². The van der Waals surface area contributed by atoms with Crippen LogP contribution in [0.25, 0.3) is 0 Å². The van der Waals surface area contributed by atoms with E-state index in [1.54, 1.807) is 14.2 Å². The summed E-state index contributed by atoms with van der Waals surface area (Å²) in [6.45, 7) is 0. The largest absolute Gasteiger partial charge is 0.377 e. The van der Waals surface area contributed by atoms with Crippen LogP contribution in [-0.4, -0.2) is 24.7 Å². The molecular weight excluding hydrogens is 184 g/mol. The van der Waals surface area contributed by atoms with Crippen LogP contribution in [0.3, 0.4) is 0 Å². The molecule has 0 aromatic heterocycles. The van der Waals surface area contributed by atoms with Gasteiger partial charge in [-0.05, 0) is 0 Å². The van der Waals surface area contributed by atoms with Gasteiger partial charge in [-0.25, -0.2) is 0 Å². The summed E-state index contributed by atoms with van der Waals surface area (Å²) in [5.74, 6) is -1.02. The fourth-order valence-corrected chi connectivity index (χ4v) is 1.81. The zero-order valence-corrected chi connectivity index (χ0v) is 10.1. The van der Waals surface area contributed by atoms with E-state index in [4.69, 9.17) is 13.9 Å². The minimum absolute atomic E-state index is 0.550. The van der Waals surface area contributed by atoms with Crippen LogP contribution in [0, 0.1) is 0 Å². The van der Waals surface area contributed by atoms with Crippen molar-refractivity contribution in [3.63, 3.8) is 0 Å². The first-order valence-corrected chi connectivity index (χ1v) is 4.81. The van der Waals surface area contributed by atoms with Gasteiger partial charge in [-0.15, -0.1) is 0 Å². The summed E-state index contributed by atoms with van der Waals surface area (Å²) in [5, 5.41) is 0. The summed E-state index contributed by atoms with van der Waals surface area (Å²) < 4.78 is 15.7. The Hall–Kier alpha value is -0.683. The second-order valence-electron chi connectivity index (χ2n) is 2.53. The second kappa shape index (κ2) is 4.52. The summed E-state index contributed by atoms with van der Waals surface area (Å²) >= 11 is 0. The number of ether oxygens (including phenoxy) is 2. The van der Waals surface area contributed by atoms with Gasteiger partial charge in [0.05, 0.1) is 0 Å². The van der Waals surface area contributed by atoms with Crippen LogP contribution in [0.4, 0.5) is 0 Å². The van der Waals surface area contributed by atoms with Gasteiger partial charge in [-0.3, -0.25) is 0 Å². The molecule has 72 valence electrons. The highest BCUT2D eigenvalue weighted by Crippen LogP contribution is 2.25. The molecule has 4 heteroatoms. The molecule has 0 heterocycles. The normalized spacial score (nSPS) is 11.8. The topological polar surface area (TPSA) is 27.7 Å². The third-order valence-corrected chi connectivity index (χ3v) is 2.47. The van der Waals surface area contributed by atoms with Crippen molar-refractivity contribution in [3.8, 4) is 0 Å². The van der Waals surface area contributed by atoms with Gasteiger partial charge in [0.15, 0.2) is 10.5 Å². The molecule has 0 saturated carbocycles. The lowest BCUT2D eigenvalue weighted by molar-refractivity contribution is -0.333. The van der Waals surface area contributed by atoms with E-state index in [1.165, 1.54) is 0 Å². The Morgan fingerprint density at radius 3 is 2.00 bits per heavy atom. The highest BCUT2D eigenvalue weighted by Gasteiger charge is 2.30. The molecule has 0 fully saturated rings. The zero-order valence-electron chi connectivity index (χ0n) is 8.11. The van der Waals surface area contributed by atoms with Crippen molar-refractivity contribution in [1.29, 1.82) is 0 Å². The third kappa shape index (κ3) is 1.97. The standard InChI is InChI=1S/C9H14O3Si/c1-10-9(11-2,12-13)8-6-4-3-5-7-8/h3-7H,1-2,13H3. The Bertz CT molecular complexity index is 238. The van der Waals surface area contributed by atoms with E-state index in [2.05, 4.69) is 0 Å². The number of hydrogen-bond acceptors (Lipinski definition) is 3. The van der Waals surface area contributed by atoms with Crippen LogP contribution in [0.15, 0.2) is 30.3 Å². The Labute approximate surface area is 81.2 Å². The van der Waals surface area contributed by atoms with Crippen LogP contribution in [0.5, 0.6) is 0 Å². The maximum absolute atomic E-state index is 5.32. The molecule has 0 radical (unpaired) electrons. The lowest BCUT2D eigenvalue weighted by atomic mass is 10.2. The molecule has 0 N–H and O–H groups in total. The van der Waals surface area contributed by atoms with Crippen molar-refractivity contribution in [2.45, 2.75) is 5.97 Å². The van der Waals surface area contributed by atoms with E-state index < -0.39 is 5.97 Å². The van der Waals surface area contributed by atoms with Crippen LogP contribution in [-0.2, 0) is 19.9 Å². The summed E-state index contributed by atoms with van der Waals surface area (Å²) in [4.78, 5) is 0. The average Bonchev–Trinajstić information content (AvgIpc) is 2.23. The quantitative estimate of drug-likeness (QED) is 0.517. The fourth-order valence-electron chi connectivity index (χ4n) is 1.25. The number of rotatable bonds is 4. The van der Waals surface area contributed by atoms with E-state index >= 15 is 0 Å². The van der Waals surface area contributed by atoms with E-state index in [1.807, 2.05) is 30.3 Å². The molecule has 0 atom stereocenters. The van der Waals surface area contributed by atoms with Crippen LogP contribution in [0.2, 0.25) is 0 Å². The molecule has 1 aromatic rings. The second-order valence-corrected chi connectivity index (χ2v) is 2.94. The van der Waals surface area contributed by atoms with Crippen molar-refractivity contribution in [2.24, 2.45) is 0 Å². The molecule has 0 aliphatic heterocycles. The van der Waals surface area contributed by atoms with Crippen molar-refractivity contribution >= 4 is 10.5 Å². The number of benzene rings is 1. The van der Waals surface area contributed by atoms with Gasteiger partial charge in [0.2, 0.25) is 0 Å². The van der Waals surface area contributed by atoms with Crippen LogP contribution >= 0.6 is 0 Å². The van der Waals surface area contributed by atoms with E-state index in [9.17, 15) is 0 Å². The molecule has 1 rings (SSSR count).